The van der Waals surface area contributed by atoms with Gasteiger partial charge >= 0.3 is 6.03 Å². The van der Waals surface area contributed by atoms with Gasteiger partial charge in [0, 0.05) is 56.7 Å². The van der Waals surface area contributed by atoms with E-state index in [9.17, 15) is 9.90 Å². The van der Waals surface area contributed by atoms with Gasteiger partial charge in [0.2, 0.25) is 0 Å². The molecule has 140 valence electrons. The van der Waals surface area contributed by atoms with Crippen molar-refractivity contribution in [2.45, 2.75) is 39.3 Å². The molecule has 2 rings (SSSR count). The molecule has 1 aliphatic heterocycles. The minimum absolute atomic E-state index is 0.0546. The predicted molar refractivity (Wildman–Crippen MR) is 103 cm³/mol. The first-order valence-corrected chi connectivity index (χ1v) is 9.20. The third kappa shape index (κ3) is 5.09. The Morgan fingerprint density at radius 1 is 1.28 bits per heavy atom. The highest BCUT2D eigenvalue weighted by Crippen LogP contribution is 2.20. The fourth-order valence-corrected chi connectivity index (χ4v) is 3.10. The number of anilines is 2. The topological polar surface area (TPSA) is 59.1 Å². The Kier molecular flexibility index (Phi) is 7.08. The first-order valence-electron chi connectivity index (χ1n) is 9.20. The van der Waals surface area contributed by atoms with Crippen molar-refractivity contribution in [1.29, 1.82) is 0 Å². The Morgan fingerprint density at radius 2 is 1.96 bits per heavy atom. The summed E-state index contributed by atoms with van der Waals surface area (Å²) in [5, 5.41) is 12.4. The number of nitrogens with one attached hydrogen (secondary N) is 1. The van der Waals surface area contributed by atoms with Gasteiger partial charge in [0.1, 0.15) is 0 Å². The second kappa shape index (κ2) is 9.06. The SMILES string of the molecule is CCC(CO)N1CCN(C(=O)Nc2cccc(N(C)C(C)C)c2)CC1. The lowest BCUT2D eigenvalue weighted by Crippen LogP contribution is -2.53. The van der Waals surface area contributed by atoms with Crippen molar-refractivity contribution in [3.8, 4) is 0 Å². The number of rotatable bonds is 6. The zero-order valence-electron chi connectivity index (χ0n) is 15.9. The summed E-state index contributed by atoms with van der Waals surface area (Å²) >= 11 is 0. The lowest BCUT2D eigenvalue weighted by Gasteiger charge is -2.38. The number of hydrogen-bond donors (Lipinski definition) is 2. The minimum atomic E-state index is -0.0546. The predicted octanol–water partition coefficient (Wildman–Crippen LogP) is 2.45. The van der Waals surface area contributed by atoms with E-state index < -0.39 is 0 Å². The van der Waals surface area contributed by atoms with Crippen molar-refractivity contribution in [3.05, 3.63) is 24.3 Å². The van der Waals surface area contributed by atoms with Crippen LogP contribution in [0, 0.1) is 0 Å². The van der Waals surface area contributed by atoms with Gasteiger partial charge in [0.15, 0.2) is 0 Å². The molecule has 25 heavy (non-hydrogen) atoms. The van der Waals surface area contributed by atoms with Crippen molar-refractivity contribution >= 4 is 17.4 Å². The maximum absolute atomic E-state index is 12.5. The van der Waals surface area contributed by atoms with Gasteiger partial charge in [-0.05, 0) is 38.5 Å². The Balaban J connectivity index is 1.92. The second-order valence-electron chi connectivity index (χ2n) is 6.95. The Labute approximate surface area is 151 Å². The van der Waals surface area contributed by atoms with Gasteiger partial charge in [0.05, 0.1) is 6.61 Å². The smallest absolute Gasteiger partial charge is 0.321 e. The molecule has 0 spiro atoms. The van der Waals surface area contributed by atoms with Crippen LogP contribution in [0.15, 0.2) is 24.3 Å². The van der Waals surface area contributed by atoms with Crippen LogP contribution < -0.4 is 10.2 Å². The summed E-state index contributed by atoms with van der Waals surface area (Å²) in [5.74, 6) is 0. The zero-order chi connectivity index (χ0) is 18.4. The number of benzene rings is 1. The summed E-state index contributed by atoms with van der Waals surface area (Å²) in [5.41, 5.74) is 1.91. The molecule has 1 atom stereocenters. The van der Waals surface area contributed by atoms with E-state index in [1.54, 1.807) is 0 Å². The number of nitrogens with zero attached hydrogens (tertiary/aromatic N) is 3. The second-order valence-corrected chi connectivity index (χ2v) is 6.95. The summed E-state index contributed by atoms with van der Waals surface area (Å²) in [6.45, 7) is 9.54. The molecule has 1 fully saturated rings. The first kappa shape index (κ1) is 19.5. The van der Waals surface area contributed by atoms with Gasteiger partial charge in [-0.1, -0.05) is 13.0 Å². The Bertz CT molecular complexity index is 552. The fourth-order valence-electron chi connectivity index (χ4n) is 3.10. The van der Waals surface area contributed by atoms with Gasteiger partial charge in [-0.25, -0.2) is 4.79 Å². The molecule has 6 nitrogen and oxygen atoms in total. The van der Waals surface area contributed by atoms with Crippen LogP contribution in [0.4, 0.5) is 16.2 Å². The van der Waals surface area contributed by atoms with Gasteiger partial charge in [-0.15, -0.1) is 0 Å². The molecule has 0 aromatic heterocycles. The zero-order valence-corrected chi connectivity index (χ0v) is 15.9. The molecule has 1 aliphatic rings. The largest absolute Gasteiger partial charge is 0.395 e. The van der Waals surface area contributed by atoms with Gasteiger partial charge < -0.3 is 20.2 Å². The maximum atomic E-state index is 12.5. The number of hydrogen-bond acceptors (Lipinski definition) is 4. The molecule has 1 heterocycles. The molecule has 1 aromatic carbocycles. The highest BCUT2D eigenvalue weighted by molar-refractivity contribution is 5.90. The van der Waals surface area contributed by atoms with Crippen LogP contribution in [0.2, 0.25) is 0 Å². The molecule has 2 amide bonds. The molecule has 0 saturated carbocycles. The highest BCUT2D eigenvalue weighted by Gasteiger charge is 2.25. The number of carbonyl (C=O) groups is 1. The lowest BCUT2D eigenvalue weighted by atomic mass is 10.2. The van der Waals surface area contributed by atoms with E-state index in [2.05, 4.69) is 42.9 Å². The normalized spacial score (nSPS) is 16.8. The maximum Gasteiger partial charge on any atom is 0.321 e. The summed E-state index contributed by atoms with van der Waals surface area (Å²) in [4.78, 5) is 18.8. The fraction of sp³-hybridized carbons (Fsp3) is 0.632. The third-order valence-electron chi connectivity index (χ3n) is 5.08. The van der Waals surface area contributed by atoms with Crippen molar-refractivity contribution in [1.82, 2.24) is 9.80 Å². The van der Waals surface area contributed by atoms with Crippen LogP contribution >= 0.6 is 0 Å². The van der Waals surface area contributed by atoms with Crippen molar-refractivity contribution in [3.63, 3.8) is 0 Å². The molecule has 1 unspecified atom stereocenters. The summed E-state index contributed by atoms with van der Waals surface area (Å²) < 4.78 is 0. The monoisotopic (exact) mass is 348 g/mol. The van der Waals surface area contributed by atoms with Crippen LogP contribution in [-0.4, -0.2) is 72.9 Å². The van der Waals surface area contributed by atoms with E-state index in [-0.39, 0.29) is 18.7 Å². The number of carbonyl (C=O) groups excluding carboxylic acids is 1. The minimum Gasteiger partial charge on any atom is -0.395 e. The summed E-state index contributed by atoms with van der Waals surface area (Å²) in [7, 11) is 2.05. The summed E-state index contributed by atoms with van der Waals surface area (Å²) in [6.07, 6.45) is 0.929. The summed E-state index contributed by atoms with van der Waals surface area (Å²) in [6, 6.07) is 8.49. The number of aliphatic hydroxyl groups is 1. The van der Waals surface area contributed by atoms with E-state index in [1.807, 2.05) is 29.2 Å². The van der Waals surface area contributed by atoms with Crippen molar-refractivity contribution in [2.75, 3.05) is 50.1 Å². The van der Waals surface area contributed by atoms with Crippen LogP contribution in [0.1, 0.15) is 27.2 Å². The molecule has 0 bridgehead atoms. The third-order valence-corrected chi connectivity index (χ3v) is 5.08. The number of urea groups is 1. The highest BCUT2D eigenvalue weighted by atomic mass is 16.3. The standard InChI is InChI=1S/C19H32N4O2/c1-5-17(14-24)22-9-11-23(12-10-22)19(25)20-16-7-6-8-18(13-16)21(4)15(2)3/h6-8,13,15,17,24H,5,9-12,14H2,1-4H3,(H,20,25). The molecule has 2 N–H and O–H groups in total. The molecular weight excluding hydrogens is 316 g/mol. The molecule has 1 aromatic rings. The van der Waals surface area contributed by atoms with Gasteiger partial charge in [-0.2, -0.15) is 0 Å². The van der Waals surface area contributed by atoms with Crippen LogP contribution in [0.5, 0.6) is 0 Å². The lowest BCUT2D eigenvalue weighted by molar-refractivity contribution is 0.0766. The molecule has 6 heteroatoms. The number of piperazine rings is 1. The number of aliphatic hydroxyl groups excluding tert-OH is 1. The average Bonchev–Trinajstić information content (AvgIpc) is 2.62. The van der Waals surface area contributed by atoms with E-state index in [0.717, 1.165) is 30.9 Å². The van der Waals surface area contributed by atoms with Gasteiger partial charge in [0.25, 0.3) is 0 Å². The average molecular weight is 348 g/mol. The quantitative estimate of drug-likeness (QED) is 0.829. The van der Waals surface area contributed by atoms with E-state index in [1.165, 1.54) is 0 Å². The van der Waals surface area contributed by atoms with Crippen molar-refractivity contribution < 1.29 is 9.90 Å². The van der Waals surface area contributed by atoms with Crippen molar-refractivity contribution in [2.24, 2.45) is 0 Å². The van der Waals surface area contributed by atoms with E-state index >= 15 is 0 Å². The Morgan fingerprint density at radius 3 is 2.52 bits per heavy atom. The molecular formula is C19H32N4O2. The molecule has 0 aliphatic carbocycles. The van der Waals surface area contributed by atoms with E-state index in [4.69, 9.17) is 0 Å². The van der Waals surface area contributed by atoms with Crippen LogP contribution in [0.3, 0.4) is 0 Å². The number of amides is 2. The Hall–Kier alpha value is -1.79. The van der Waals surface area contributed by atoms with Gasteiger partial charge in [-0.3, -0.25) is 4.90 Å². The van der Waals surface area contributed by atoms with E-state index in [0.29, 0.717) is 19.1 Å². The molecule has 0 radical (unpaired) electrons. The van der Waals surface area contributed by atoms with Crippen LogP contribution in [0.25, 0.3) is 0 Å². The first-order chi connectivity index (χ1) is 12.0. The molecule has 1 saturated heterocycles. The van der Waals surface area contributed by atoms with Crippen LogP contribution in [-0.2, 0) is 0 Å².